The number of aromatic nitrogens is 1. The number of rotatable bonds is 4. The minimum Gasteiger partial charge on any atom is -0.321 e. The number of nitrogens with one attached hydrogen (secondary N) is 1. The number of nitrogens with zero attached hydrogens (tertiary/aromatic N) is 3. The molecule has 3 amide bonds. The van der Waals surface area contributed by atoms with Crippen molar-refractivity contribution in [2.75, 3.05) is 24.3 Å². The molecular formula is C19H20N4O2S. The van der Waals surface area contributed by atoms with Crippen molar-refractivity contribution in [3.8, 4) is 0 Å². The average molecular weight is 368 g/mol. The quantitative estimate of drug-likeness (QED) is 0.758. The molecule has 0 saturated carbocycles. The second kappa shape index (κ2) is 7.53. The lowest BCUT2D eigenvalue weighted by Crippen LogP contribution is -2.30. The van der Waals surface area contributed by atoms with Crippen molar-refractivity contribution >= 4 is 44.9 Å². The van der Waals surface area contributed by atoms with Crippen LogP contribution < -0.4 is 10.2 Å². The number of hydrogen-bond acceptors (Lipinski definition) is 4. The Kier molecular flexibility index (Phi) is 5.18. The van der Waals surface area contributed by atoms with Gasteiger partial charge in [0.25, 0.3) is 0 Å². The number of thiazole rings is 1. The molecule has 6 nitrogen and oxygen atoms in total. The number of amides is 3. The Bertz CT molecular complexity index is 903. The monoisotopic (exact) mass is 368 g/mol. The topological polar surface area (TPSA) is 65.5 Å². The summed E-state index contributed by atoms with van der Waals surface area (Å²) < 4.78 is 1.11. The van der Waals surface area contributed by atoms with Gasteiger partial charge in [-0.3, -0.25) is 4.79 Å². The fraction of sp³-hybridized carbons (Fsp3) is 0.211. The summed E-state index contributed by atoms with van der Waals surface area (Å²) in [5.74, 6) is -0.0441. The summed E-state index contributed by atoms with van der Waals surface area (Å²) in [6.45, 7) is 1.95. The fourth-order valence-electron chi connectivity index (χ4n) is 2.43. The van der Waals surface area contributed by atoms with E-state index < -0.39 is 0 Å². The highest BCUT2D eigenvalue weighted by molar-refractivity contribution is 7.18. The summed E-state index contributed by atoms with van der Waals surface area (Å²) in [7, 11) is 3.45. The molecule has 0 spiro atoms. The summed E-state index contributed by atoms with van der Waals surface area (Å²) in [6, 6.07) is 14.9. The number of hydrogen-bond donors (Lipinski definition) is 1. The van der Waals surface area contributed by atoms with Gasteiger partial charge in [0.1, 0.15) is 5.01 Å². The smallest absolute Gasteiger partial charge is 0.321 e. The van der Waals surface area contributed by atoms with E-state index in [0.717, 1.165) is 20.9 Å². The van der Waals surface area contributed by atoms with E-state index in [1.165, 1.54) is 6.92 Å². The van der Waals surface area contributed by atoms with Gasteiger partial charge in [-0.1, -0.05) is 12.1 Å². The lowest BCUT2D eigenvalue weighted by atomic mass is 10.2. The molecule has 1 aromatic heterocycles. The molecule has 0 radical (unpaired) electrons. The molecule has 2 aromatic carbocycles. The zero-order chi connectivity index (χ0) is 18.7. The van der Waals surface area contributed by atoms with E-state index in [9.17, 15) is 9.59 Å². The van der Waals surface area contributed by atoms with E-state index in [1.807, 2.05) is 24.3 Å². The van der Waals surface area contributed by atoms with Gasteiger partial charge in [-0.2, -0.15) is 0 Å². The molecule has 0 aliphatic rings. The summed E-state index contributed by atoms with van der Waals surface area (Å²) in [4.78, 5) is 31.5. The molecule has 0 fully saturated rings. The molecule has 1 N–H and O–H groups in total. The number of carbonyl (C=O) groups is 2. The number of fused-ring (bicyclic) bond motifs is 1. The van der Waals surface area contributed by atoms with Gasteiger partial charge in [0.2, 0.25) is 5.91 Å². The lowest BCUT2D eigenvalue weighted by molar-refractivity contribution is -0.116. The summed E-state index contributed by atoms with van der Waals surface area (Å²) in [5.41, 5.74) is 2.40. The molecule has 0 atom stereocenters. The maximum absolute atomic E-state index is 12.4. The molecule has 1 heterocycles. The Morgan fingerprint density at radius 2 is 1.77 bits per heavy atom. The van der Waals surface area contributed by atoms with E-state index >= 15 is 0 Å². The first-order chi connectivity index (χ1) is 12.4. The summed E-state index contributed by atoms with van der Waals surface area (Å²) >= 11 is 1.59. The van der Waals surface area contributed by atoms with Gasteiger partial charge in [0.05, 0.1) is 16.8 Å². The van der Waals surface area contributed by atoms with E-state index in [-0.39, 0.29) is 11.9 Å². The molecule has 26 heavy (non-hydrogen) atoms. The van der Waals surface area contributed by atoms with Gasteiger partial charge in [-0.15, -0.1) is 11.3 Å². The van der Waals surface area contributed by atoms with Gasteiger partial charge in [-0.05, 0) is 36.4 Å². The lowest BCUT2D eigenvalue weighted by Gasteiger charge is -2.18. The molecule has 0 bridgehead atoms. The minimum atomic E-state index is -0.211. The Balaban J connectivity index is 1.62. The Morgan fingerprint density at radius 3 is 2.42 bits per heavy atom. The zero-order valence-electron chi connectivity index (χ0n) is 14.9. The van der Waals surface area contributed by atoms with Crippen molar-refractivity contribution in [1.82, 2.24) is 9.88 Å². The van der Waals surface area contributed by atoms with Crippen molar-refractivity contribution in [3.63, 3.8) is 0 Å². The Labute approximate surface area is 156 Å². The average Bonchev–Trinajstić information content (AvgIpc) is 3.03. The number of carbonyl (C=O) groups excluding carboxylic acids is 2. The van der Waals surface area contributed by atoms with E-state index in [4.69, 9.17) is 0 Å². The molecule has 0 saturated heterocycles. The maximum Gasteiger partial charge on any atom is 0.321 e. The van der Waals surface area contributed by atoms with Crippen molar-refractivity contribution < 1.29 is 9.59 Å². The van der Waals surface area contributed by atoms with Crippen LogP contribution in [-0.4, -0.2) is 35.9 Å². The number of para-hydroxylation sites is 1. The van der Waals surface area contributed by atoms with Crippen LogP contribution in [0.4, 0.5) is 16.2 Å². The largest absolute Gasteiger partial charge is 0.321 e. The van der Waals surface area contributed by atoms with Gasteiger partial charge >= 0.3 is 6.03 Å². The highest BCUT2D eigenvalue weighted by Gasteiger charge is 2.13. The second-order valence-corrected chi connectivity index (χ2v) is 7.10. The second-order valence-electron chi connectivity index (χ2n) is 5.99. The van der Waals surface area contributed by atoms with Gasteiger partial charge in [0, 0.05) is 32.4 Å². The number of anilines is 2. The van der Waals surface area contributed by atoms with Crippen molar-refractivity contribution in [2.45, 2.75) is 13.5 Å². The molecule has 134 valence electrons. The zero-order valence-corrected chi connectivity index (χ0v) is 15.7. The maximum atomic E-state index is 12.4. The van der Waals surface area contributed by atoms with E-state index in [1.54, 1.807) is 59.5 Å². The van der Waals surface area contributed by atoms with Gasteiger partial charge in [-0.25, -0.2) is 9.78 Å². The molecule has 3 aromatic rings. The van der Waals surface area contributed by atoms with Crippen LogP contribution in [-0.2, 0) is 11.3 Å². The fourth-order valence-corrected chi connectivity index (χ4v) is 3.45. The molecule has 3 rings (SSSR count). The number of urea groups is 1. The van der Waals surface area contributed by atoms with E-state index in [0.29, 0.717) is 12.2 Å². The molecule has 0 aliphatic heterocycles. The Hall–Kier alpha value is -2.93. The first-order valence-corrected chi connectivity index (χ1v) is 8.96. The predicted molar refractivity (Wildman–Crippen MR) is 106 cm³/mol. The van der Waals surface area contributed by atoms with Crippen LogP contribution in [0.2, 0.25) is 0 Å². The van der Waals surface area contributed by atoms with Crippen LogP contribution in [0.15, 0.2) is 48.5 Å². The third-order valence-electron chi connectivity index (χ3n) is 4.04. The SMILES string of the molecule is CC(=O)N(C)c1ccc(NC(=O)N(C)Cc2nc3ccccc3s2)cc1. The highest BCUT2D eigenvalue weighted by Crippen LogP contribution is 2.23. The molecule has 0 aliphatic carbocycles. The minimum absolute atomic E-state index is 0.0441. The van der Waals surface area contributed by atoms with Crippen LogP contribution in [0.25, 0.3) is 10.2 Å². The van der Waals surface area contributed by atoms with Crippen LogP contribution in [0.5, 0.6) is 0 Å². The predicted octanol–water partition coefficient (Wildman–Crippen LogP) is 3.94. The number of benzene rings is 2. The van der Waals surface area contributed by atoms with E-state index in [2.05, 4.69) is 10.3 Å². The van der Waals surface area contributed by atoms with Crippen LogP contribution in [0.1, 0.15) is 11.9 Å². The van der Waals surface area contributed by atoms with Crippen LogP contribution >= 0.6 is 11.3 Å². The van der Waals surface area contributed by atoms with Crippen LogP contribution in [0, 0.1) is 0 Å². The Morgan fingerprint density at radius 1 is 1.08 bits per heavy atom. The first kappa shape index (κ1) is 17.9. The summed E-state index contributed by atoms with van der Waals surface area (Å²) in [5, 5.41) is 3.74. The first-order valence-electron chi connectivity index (χ1n) is 8.15. The molecule has 0 unspecified atom stereocenters. The third kappa shape index (κ3) is 4.00. The highest BCUT2D eigenvalue weighted by atomic mass is 32.1. The summed E-state index contributed by atoms with van der Waals surface area (Å²) in [6.07, 6.45) is 0. The van der Waals surface area contributed by atoms with Gasteiger partial charge < -0.3 is 15.1 Å². The van der Waals surface area contributed by atoms with Gasteiger partial charge in [0.15, 0.2) is 0 Å². The standard InChI is InChI=1S/C19H20N4O2S/c1-13(24)23(3)15-10-8-14(9-11-15)20-19(25)22(2)12-18-21-16-6-4-5-7-17(16)26-18/h4-11H,12H2,1-3H3,(H,20,25). The van der Waals surface area contributed by atoms with Crippen LogP contribution in [0.3, 0.4) is 0 Å². The third-order valence-corrected chi connectivity index (χ3v) is 5.06. The molecule has 7 heteroatoms. The van der Waals surface area contributed by atoms with Crippen molar-refractivity contribution in [2.24, 2.45) is 0 Å². The van der Waals surface area contributed by atoms with Crippen molar-refractivity contribution in [3.05, 3.63) is 53.5 Å². The van der Waals surface area contributed by atoms with Crippen molar-refractivity contribution in [1.29, 1.82) is 0 Å². The normalized spacial score (nSPS) is 10.6. The molecular weight excluding hydrogens is 348 g/mol.